The molecule has 0 bridgehead atoms. The molecule has 0 aromatic carbocycles. The van der Waals surface area contributed by atoms with Crippen molar-refractivity contribution in [3.63, 3.8) is 0 Å². The van der Waals surface area contributed by atoms with E-state index in [9.17, 15) is 5.11 Å². The van der Waals surface area contributed by atoms with E-state index in [0.29, 0.717) is 0 Å². The molecule has 2 unspecified atom stereocenters. The molecule has 1 saturated carbocycles. The van der Waals surface area contributed by atoms with Crippen molar-refractivity contribution in [3.8, 4) is 0 Å². The van der Waals surface area contributed by atoms with Crippen LogP contribution in [0.4, 0.5) is 0 Å². The van der Waals surface area contributed by atoms with Gasteiger partial charge in [0.05, 0.1) is 5.60 Å². The molecule has 2 nitrogen and oxygen atoms in total. The van der Waals surface area contributed by atoms with Crippen LogP contribution >= 0.6 is 0 Å². The number of hydrogen-bond donors (Lipinski definition) is 1. The molecular weight excluding hydrogens is 174 g/mol. The van der Waals surface area contributed by atoms with Gasteiger partial charge in [0, 0.05) is 19.6 Å². The van der Waals surface area contributed by atoms with Gasteiger partial charge in [-0.25, -0.2) is 0 Å². The molecule has 0 spiro atoms. The second-order valence-corrected chi connectivity index (χ2v) is 5.58. The molecule has 2 atom stereocenters. The molecule has 2 heteroatoms. The Kier molecular flexibility index (Phi) is 2.85. The normalized spacial score (nSPS) is 37.9. The number of β-amino-alcohol motifs (C(OH)–C–C–N with tert-alkyl or cyclic N) is 1. The van der Waals surface area contributed by atoms with E-state index in [4.69, 9.17) is 0 Å². The minimum atomic E-state index is -0.343. The van der Waals surface area contributed by atoms with Crippen molar-refractivity contribution in [1.82, 2.24) is 4.90 Å². The number of nitrogens with zero attached hydrogens (tertiary/aromatic N) is 1. The summed E-state index contributed by atoms with van der Waals surface area (Å²) >= 11 is 0. The second-order valence-electron chi connectivity index (χ2n) is 5.58. The van der Waals surface area contributed by atoms with Crippen molar-refractivity contribution in [1.29, 1.82) is 0 Å². The number of rotatable bonds is 2. The highest BCUT2D eigenvalue weighted by atomic mass is 16.3. The first-order chi connectivity index (χ1) is 6.59. The summed E-state index contributed by atoms with van der Waals surface area (Å²) in [6.07, 6.45) is 4.48. The highest BCUT2D eigenvalue weighted by Crippen LogP contribution is 2.32. The number of likely N-dealkylation sites (tertiary alicyclic amines) is 1. The van der Waals surface area contributed by atoms with Crippen LogP contribution in [0, 0.1) is 11.8 Å². The standard InChI is InChI=1S/C12H23NO/c1-10-7-13(8-11(10)2)9-12(14)5-3-4-6-12/h10-11,14H,3-9H2,1-2H3. The molecule has 2 rings (SSSR count). The number of hydrogen-bond acceptors (Lipinski definition) is 2. The van der Waals surface area contributed by atoms with Crippen LogP contribution in [0.2, 0.25) is 0 Å². The first-order valence-corrected chi connectivity index (χ1v) is 6.04. The Morgan fingerprint density at radius 1 is 1.14 bits per heavy atom. The molecule has 2 aliphatic rings. The molecule has 2 fully saturated rings. The monoisotopic (exact) mass is 197 g/mol. The summed E-state index contributed by atoms with van der Waals surface area (Å²) in [7, 11) is 0. The van der Waals surface area contributed by atoms with Gasteiger partial charge in [0.2, 0.25) is 0 Å². The molecule has 0 aromatic rings. The number of aliphatic hydroxyl groups is 1. The molecule has 0 radical (unpaired) electrons. The Morgan fingerprint density at radius 3 is 2.14 bits per heavy atom. The van der Waals surface area contributed by atoms with Crippen LogP contribution in [0.25, 0.3) is 0 Å². The van der Waals surface area contributed by atoms with Crippen molar-refractivity contribution in [2.45, 2.75) is 45.1 Å². The Bertz CT molecular complexity index is 188. The summed E-state index contributed by atoms with van der Waals surface area (Å²) in [6, 6.07) is 0. The van der Waals surface area contributed by atoms with Crippen LogP contribution in [0.3, 0.4) is 0 Å². The van der Waals surface area contributed by atoms with Crippen LogP contribution in [-0.2, 0) is 0 Å². The van der Waals surface area contributed by atoms with E-state index in [1.165, 1.54) is 25.9 Å². The summed E-state index contributed by atoms with van der Waals surface area (Å²) in [5.74, 6) is 1.61. The van der Waals surface area contributed by atoms with Gasteiger partial charge in [-0.15, -0.1) is 0 Å². The Balaban J connectivity index is 1.86. The summed E-state index contributed by atoms with van der Waals surface area (Å²) < 4.78 is 0. The molecule has 1 aliphatic heterocycles. The third-order valence-electron chi connectivity index (χ3n) is 4.12. The fraction of sp³-hybridized carbons (Fsp3) is 1.00. The minimum absolute atomic E-state index is 0.343. The lowest BCUT2D eigenvalue weighted by molar-refractivity contribution is 0.0145. The zero-order valence-electron chi connectivity index (χ0n) is 9.50. The molecule has 0 aromatic heterocycles. The lowest BCUT2D eigenvalue weighted by Crippen LogP contribution is -2.40. The van der Waals surface area contributed by atoms with Crippen molar-refractivity contribution < 1.29 is 5.11 Å². The first kappa shape index (κ1) is 10.4. The lowest BCUT2D eigenvalue weighted by Gasteiger charge is -2.28. The van der Waals surface area contributed by atoms with E-state index < -0.39 is 0 Å². The molecule has 14 heavy (non-hydrogen) atoms. The van der Waals surface area contributed by atoms with Gasteiger partial charge in [0.1, 0.15) is 0 Å². The van der Waals surface area contributed by atoms with Gasteiger partial charge >= 0.3 is 0 Å². The van der Waals surface area contributed by atoms with E-state index in [1.54, 1.807) is 0 Å². The third-order valence-corrected chi connectivity index (χ3v) is 4.12. The smallest absolute Gasteiger partial charge is 0.0774 e. The van der Waals surface area contributed by atoms with Crippen molar-refractivity contribution in [2.75, 3.05) is 19.6 Å². The third kappa shape index (κ3) is 2.12. The average molecular weight is 197 g/mol. The molecule has 1 N–H and O–H groups in total. The second kappa shape index (κ2) is 3.82. The van der Waals surface area contributed by atoms with Gasteiger partial charge in [-0.05, 0) is 24.7 Å². The van der Waals surface area contributed by atoms with Crippen LogP contribution in [0.15, 0.2) is 0 Å². The maximum atomic E-state index is 10.3. The molecule has 1 saturated heterocycles. The van der Waals surface area contributed by atoms with Crippen molar-refractivity contribution >= 4 is 0 Å². The van der Waals surface area contributed by atoms with Crippen molar-refractivity contribution in [2.24, 2.45) is 11.8 Å². The van der Waals surface area contributed by atoms with Gasteiger partial charge in [0.15, 0.2) is 0 Å². The highest BCUT2D eigenvalue weighted by Gasteiger charge is 2.36. The quantitative estimate of drug-likeness (QED) is 0.730. The van der Waals surface area contributed by atoms with Crippen LogP contribution in [0.1, 0.15) is 39.5 Å². The maximum absolute atomic E-state index is 10.3. The van der Waals surface area contributed by atoms with E-state index in [-0.39, 0.29) is 5.60 Å². The van der Waals surface area contributed by atoms with Crippen LogP contribution in [-0.4, -0.2) is 35.2 Å². The predicted octanol–water partition coefficient (Wildman–Crippen LogP) is 1.88. The van der Waals surface area contributed by atoms with Gasteiger partial charge < -0.3 is 5.11 Å². The summed E-state index contributed by atoms with van der Waals surface area (Å²) in [5.41, 5.74) is -0.343. The summed E-state index contributed by atoms with van der Waals surface area (Å²) in [5, 5.41) is 10.3. The summed E-state index contributed by atoms with van der Waals surface area (Å²) in [6.45, 7) is 7.93. The molecule has 1 aliphatic carbocycles. The van der Waals surface area contributed by atoms with Crippen LogP contribution < -0.4 is 0 Å². The van der Waals surface area contributed by atoms with E-state index >= 15 is 0 Å². The lowest BCUT2D eigenvalue weighted by atomic mass is 10.0. The van der Waals surface area contributed by atoms with Crippen LogP contribution in [0.5, 0.6) is 0 Å². The summed E-state index contributed by atoms with van der Waals surface area (Å²) in [4.78, 5) is 2.46. The van der Waals surface area contributed by atoms with Gasteiger partial charge in [-0.2, -0.15) is 0 Å². The average Bonchev–Trinajstić information content (AvgIpc) is 2.62. The molecule has 82 valence electrons. The largest absolute Gasteiger partial charge is 0.389 e. The van der Waals surface area contributed by atoms with Crippen molar-refractivity contribution in [3.05, 3.63) is 0 Å². The fourth-order valence-corrected chi connectivity index (χ4v) is 2.99. The highest BCUT2D eigenvalue weighted by molar-refractivity contribution is 4.90. The SMILES string of the molecule is CC1CN(CC2(O)CCCC2)CC1C. The minimum Gasteiger partial charge on any atom is -0.389 e. The Morgan fingerprint density at radius 2 is 1.64 bits per heavy atom. The topological polar surface area (TPSA) is 23.5 Å². The van der Waals surface area contributed by atoms with Gasteiger partial charge in [-0.3, -0.25) is 4.90 Å². The zero-order chi connectivity index (χ0) is 10.2. The van der Waals surface area contributed by atoms with E-state index in [0.717, 1.165) is 31.2 Å². The molecule has 1 heterocycles. The molecular formula is C12H23NO. The Labute approximate surface area is 87.3 Å². The Hall–Kier alpha value is -0.0800. The van der Waals surface area contributed by atoms with E-state index in [1.807, 2.05) is 0 Å². The molecule has 0 amide bonds. The first-order valence-electron chi connectivity index (χ1n) is 6.04. The maximum Gasteiger partial charge on any atom is 0.0774 e. The van der Waals surface area contributed by atoms with Gasteiger partial charge in [-0.1, -0.05) is 26.7 Å². The fourth-order valence-electron chi connectivity index (χ4n) is 2.99. The zero-order valence-corrected chi connectivity index (χ0v) is 9.50. The van der Waals surface area contributed by atoms with E-state index in [2.05, 4.69) is 18.7 Å². The van der Waals surface area contributed by atoms with Gasteiger partial charge in [0.25, 0.3) is 0 Å². The predicted molar refractivity (Wildman–Crippen MR) is 58.2 cm³/mol.